The van der Waals surface area contributed by atoms with Crippen molar-refractivity contribution in [3.8, 4) is 17.2 Å². The standard InChI is InChI=1S/C28H20FN3O3S/c29-21-10-4-9-20(14-21)27-31-24-16-22(12-13-25(24)35-27)30-28(36)32-26(33)19-8-5-11-23(15-19)34-17-18-6-2-1-3-7-18/h1-16H,17H2,(H2,30,32,33,36). The number of aromatic nitrogens is 1. The lowest BCUT2D eigenvalue weighted by atomic mass is 10.2. The zero-order valence-corrected chi connectivity index (χ0v) is 19.7. The summed E-state index contributed by atoms with van der Waals surface area (Å²) >= 11 is 5.32. The van der Waals surface area contributed by atoms with Crippen molar-refractivity contribution < 1.29 is 18.3 Å². The van der Waals surface area contributed by atoms with Crippen LogP contribution >= 0.6 is 12.2 Å². The van der Waals surface area contributed by atoms with Gasteiger partial charge < -0.3 is 14.5 Å². The molecule has 0 spiro atoms. The molecule has 1 amide bonds. The van der Waals surface area contributed by atoms with Gasteiger partial charge in [-0.25, -0.2) is 9.37 Å². The zero-order valence-electron chi connectivity index (χ0n) is 18.9. The van der Waals surface area contributed by atoms with Gasteiger partial charge in [-0.3, -0.25) is 10.1 Å². The van der Waals surface area contributed by atoms with E-state index >= 15 is 0 Å². The van der Waals surface area contributed by atoms with Crippen molar-refractivity contribution >= 4 is 40.0 Å². The number of ether oxygens (including phenoxy) is 1. The largest absolute Gasteiger partial charge is 0.489 e. The van der Waals surface area contributed by atoms with E-state index in [2.05, 4.69) is 15.6 Å². The number of thiocarbonyl (C=S) groups is 1. The van der Waals surface area contributed by atoms with Crippen molar-refractivity contribution in [2.24, 2.45) is 0 Å². The molecular weight excluding hydrogens is 477 g/mol. The second kappa shape index (κ2) is 10.4. The third-order valence-corrected chi connectivity index (χ3v) is 5.49. The molecule has 5 rings (SSSR count). The Morgan fingerprint density at radius 3 is 2.61 bits per heavy atom. The molecule has 4 aromatic carbocycles. The van der Waals surface area contributed by atoms with Crippen molar-refractivity contribution in [2.75, 3.05) is 5.32 Å². The number of benzene rings is 4. The van der Waals surface area contributed by atoms with E-state index in [1.807, 2.05) is 30.3 Å². The second-order valence-corrected chi connectivity index (χ2v) is 8.33. The molecule has 0 bridgehead atoms. The molecule has 6 nitrogen and oxygen atoms in total. The minimum atomic E-state index is -0.369. The topological polar surface area (TPSA) is 76.4 Å². The van der Waals surface area contributed by atoms with Crippen LogP contribution in [0.4, 0.5) is 10.1 Å². The number of carbonyl (C=O) groups excluding carboxylic acids is 1. The van der Waals surface area contributed by atoms with E-state index in [-0.39, 0.29) is 16.8 Å². The molecule has 2 N–H and O–H groups in total. The lowest BCUT2D eigenvalue weighted by Gasteiger charge is -2.11. The third kappa shape index (κ3) is 5.56. The Bertz CT molecular complexity index is 1550. The molecule has 0 fully saturated rings. The van der Waals surface area contributed by atoms with E-state index in [1.165, 1.54) is 12.1 Å². The maximum absolute atomic E-state index is 13.5. The first-order valence-electron chi connectivity index (χ1n) is 11.1. The van der Waals surface area contributed by atoms with Gasteiger partial charge in [0.15, 0.2) is 10.7 Å². The van der Waals surface area contributed by atoms with Crippen molar-refractivity contribution in [3.63, 3.8) is 0 Å². The van der Waals surface area contributed by atoms with Crippen LogP contribution in [0.5, 0.6) is 5.75 Å². The quantitative estimate of drug-likeness (QED) is 0.267. The minimum absolute atomic E-state index is 0.129. The van der Waals surface area contributed by atoms with E-state index in [9.17, 15) is 9.18 Å². The van der Waals surface area contributed by atoms with Gasteiger partial charge in [0, 0.05) is 16.8 Å². The highest BCUT2D eigenvalue weighted by atomic mass is 32.1. The number of nitrogens with one attached hydrogen (secondary N) is 2. The lowest BCUT2D eigenvalue weighted by molar-refractivity contribution is 0.0977. The predicted octanol–water partition coefficient (Wildman–Crippen LogP) is 6.34. The molecule has 8 heteroatoms. The van der Waals surface area contributed by atoms with E-state index in [4.69, 9.17) is 21.4 Å². The first kappa shape index (κ1) is 23.2. The fourth-order valence-electron chi connectivity index (χ4n) is 3.56. The Kier molecular flexibility index (Phi) is 6.68. The average molecular weight is 498 g/mol. The molecule has 5 aromatic rings. The van der Waals surface area contributed by atoms with E-state index < -0.39 is 0 Å². The number of amides is 1. The highest BCUT2D eigenvalue weighted by Gasteiger charge is 2.12. The summed E-state index contributed by atoms with van der Waals surface area (Å²) in [6, 6.07) is 27.9. The van der Waals surface area contributed by atoms with Crippen molar-refractivity contribution in [2.45, 2.75) is 6.61 Å². The van der Waals surface area contributed by atoms with Gasteiger partial charge in [-0.05, 0) is 72.4 Å². The summed E-state index contributed by atoms with van der Waals surface area (Å²) in [6.07, 6.45) is 0. The zero-order chi connectivity index (χ0) is 24.9. The highest BCUT2D eigenvalue weighted by molar-refractivity contribution is 7.80. The van der Waals surface area contributed by atoms with Gasteiger partial charge in [0.2, 0.25) is 5.89 Å². The molecule has 0 saturated heterocycles. The first-order chi connectivity index (χ1) is 17.5. The van der Waals surface area contributed by atoms with Crippen LogP contribution in [-0.4, -0.2) is 16.0 Å². The number of hydrogen-bond acceptors (Lipinski definition) is 5. The third-order valence-electron chi connectivity index (χ3n) is 5.29. The molecule has 178 valence electrons. The van der Waals surface area contributed by atoms with Crippen LogP contribution < -0.4 is 15.4 Å². The highest BCUT2D eigenvalue weighted by Crippen LogP contribution is 2.26. The molecule has 0 radical (unpaired) electrons. The number of anilines is 1. The minimum Gasteiger partial charge on any atom is -0.489 e. The van der Waals surface area contributed by atoms with Gasteiger partial charge in [0.05, 0.1) is 0 Å². The summed E-state index contributed by atoms with van der Waals surface area (Å²) in [7, 11) is 0. The van der Waals surface area contributed by atoms with Crippen molar-refractivity contribution in [1.29, 1.82) is 0 Å². The van der Waals surface area contributed by atoms with Crippen LogP contribution in [0.3, 0.4) is 0 Å². The summed E-state index contributed by atoms with van der Waals surface area (Å²) in [4.78, 5) is 17.2. The summed E-state index contributed by atoms with van der Waals surface area (Å²) in [5, 5.41) is 5.78. The molecule has 0 aliphatic carbocycles. The molecule has 1 heterocycles. The Morgan fingerprint density at radius 2 is 1.78 bits per heavy atom. The average Bonchev–Trinajstić information content (AvgIpc) is 3.32. The Balaban J connectivity index is 1.22. The molecule has 0 saturated carbocycles. The first-order valence-corrected chi connectivity index (χ1v) is 11.5. The van der Waals surface area contributed by atoms with Gasteiger partial charge in [-0.15, -0.1) is 0 Å². The normalized spacial score (nSPS) is 10.7. The SMILES string of the molecule is O=C(NC(=S)Nc1ccc2oc(-c3cccc(F)c3)nc2c1)c1cccc(OCc2ccccc2)c1. The number of fused-ring (bicyclic) bond motifs is 1. The van der Waals surface area contributed by atoms with Gasteiger partial charge in [-0.1, -0.05) is 42.5 Å². The second-order valence-electron chi connectivity index (χ2n) is 7.92. The summed E-state index contributed by atoms with van der Waals surface area (Å²) < 4.78 is 25.1. The Hall–Kier alpha value is -4.56. The summed E-state index contributed by atoms with van der Waals surface area (Å²) in [6.45, 7) is 0.400. The van der Waals surface area contributed by atoms with Crippen molar-refractivity contribution in [3.05, 3.63) is 114 Å². The van der Waals surface area contributed by atoms with Gasteiger partial charge >= 0.3 is 0 Å². The predicted molar refractivity (Wildman–Crippen MR) is 140 cm³/mol. The summed E-state index contributed by atoms with van der Waals surface area (Å²) in [5.41, 5.74) is 3.71. The number of halogens is 1. The molecule has 0 aliphatic rings. The van der Waals surface area contributed by atoms with Crippen LogP contribution in [0.25, 0.3) is 22.6 Å². The lowest BCUT2D eigenvalue weighted by Crippen LogP contribution is -2.34. The maximum Gasteiger partial charge on any atom is 0.257 e. The van der Waals surface area contributed by atoms with Crippen LogP contribution in [0.1, 0.15) is 15.9 Å². The van der Waals surface area contributed by atoms with Crippen molar-refractivity contribution in [1.82, 2.24) is 10.3 Å². The van der Waals surface area contributed by atoms with Gasteiger partial charge in [0.1, 0.15) is 23.7 Å². The Morgan fingerprint density at radius 1 is 0.944 bits per heavy atom. The van der Waals surface area contributed by atoms with E-state index in [1.54, 1.807) is 54.6 Å². The molecule has 0 atom stereocenters. The molecular formula is C28H20FN3O3S. The number of oxazole rings is 1. The number of hydrogen-bond donors (Lipinski definition) is 2. The summed E-state index contributed by atoms with van der Waals surface area (Å²) in [5.74, 6) is 0.155. The smallest absolute Gasteiger partial charge is 0.257 e. The van der Waals surface area contributed by atoms with Crippen LogP contribution in [0, 0.1) is 5.82 Å². The monoisotopic (exact) mass is 497 g/mol. The van der Waals surface area contributed by atoms with E-state index in [0.717, 1.165) is 5.56 Å². The molecule has 0 unspecified atom stereocenters. The van der Waals surface area contributed by atoms with Crippen LogP contribution in [0.2, 0.25) is 0 Å². The molecule has 36 heavy (non-hydrogen) atoms. The van der Waals surface area contributed by atoms with Crippen LogP contribution in [0.15, 0.2) is 101 Å². The Labute approximate surface area is 211 Å². The van der Waals surface area contributed by atoms with Gasteiger partial charge in [0.25, 0.3) is 5.91 Å². The molecule has 1 aromatic heterocycles. The van der Waals surface area contributed by atoms with E-state index in [0.29, 0.717) is 46.2 Å². The maximum atomic E-state index is 13.5. The van der Waals surface area contributed by atoms with Gasteiger partial charge in [-0.2, -0.15) is 0 Å². The number of rotatable bonds is 6. The van der Waals surface area contributed by atoms with Crippen LogP contribution in [-0.2, 0) is 6.61 Å². The number of nitrogens with zero attached hydrogens (tertiary/aromatic N) is 1. The fourth-order valence-corrected chi connectivity index (χ4v) is 3.77. The number of carbonyl (C=O) groups is 1. The fraction of sp³-hybridized carbons (Fsp3) is 0.0357. The molecule has 0 aliphatic heterocycles.